The van der Waals surface area contributed by atoms with Gasteiger partial charge in [0.1, 0.15) is 6.33 Å². The maximum atomic E-state index is 5.68. The molecule has 108 valence electrons. The van der Waals surface area contributed by atoms with Crippen molar-refractivity contribution in [1.82, 2.24) is 34.3 Å². The van der Waals surface area contributed by atoms with Crippen LogP contribution < -0.4 is 10.5 Å². The summed E-state index contributed by atoms with van der Waals surface area (Å²) in [5.41, 5.74) is 5.68. The monoisotopic (exact) mass is 286 g/mol. The van der Waals surface area contributed by atoms with E-state index in [1.807, 2.05) is 0 Å². The van der Waals surface area contributed by atoms with Crippen LogP contribution in [0.5, 0.6) is 11.8 Å². The molecule has 0 unspecified atom stereocenters. The molecule has 3 heterocycles. The predicted molar refractivity (Wildman–Crippen MR) is 74.0 cm³/mol. The lowest BCUT2D eigenvalue weighted by atomic mass is 10.5. The minimum Gasteiger partial charge on any atom is -0.421 e. The fourth-order valence-corrected chi connectivity index (χ4v) is 1.75. The Labute approximate surface area is 120 Å². The number of nitrogen functional groups attached to an aromatic ring is 1. The number of nitrogens with zero attached hydrogens (tertiary/aromatic N) is 7. The van der Waals surface area contributed by atoms with E-state index in [4.69, 9.17) is 10.5 Å². The standard InChI is InChI=1S/C12H14N8O/c1-2-4-20-7-9(6-15-20)21-12-17-10(13)16-11(18-12)19-5-3-14-8-19/h3,5-8H,2,4H2,1H3,(H2,13,16,17,18). The molecule has 9 heteroatoms. The number of hydrogen-bond donors (Lipinski definition) is 1. The highest BCUT2D eigenvalue weighted by atomic mass is 16.5. The SMILES string of the molecule is CCCn1cc(Oc2nc(N)nc(-n3ccnc3)n2)cn1. The molecule has 0 aliphatic heterocycles. The summed E-state index contributed by atoms with van der Waals surface area (Å²) in [4.78, 5) is 16.1. The average Bonchev–Trinajstić information content (AvgIpc) is 3.10. The van der Waals surface area contributed by atoms with E-state index in [1.165, 1.54) is 0 Å². The molecule has 0 spiro atoms. The number of aromatic nitrogens is 7. The van der Waals surface area contributed by atoms with Crippen molar-refractivity contribution in [3.63, 3.8) is 0 Å². The van der Waals surface area contributed by atoms with Crippen molar-refractivity contribution in [3.8, 4) is 17.7 Å². The van der Waals surface area contributed by atoms with Gasteiger partial charge in [-0.15, -0.1) is 0 Å². The van der Waals surface area contributed by atoms with Crippen LogP contribution in [0.4, 0.5) is 5.95 Å². The van der Waals surface area contributed by atoms with Gasteiger partial charge in [-0.1, -0.05) is 6.92 Å². The minimum atomic E-state index is 0.0738. The molecule has 0 amide bonds. The highest BCUT2D eigenvalue weighted by Gasteiger charge is 2.09. The van der Waals surface area contributed by atoms with E-state index in [-0.39, 0.29) is 12.0 Å². The first kappa shape index (κ1) is 13.0. The summed E-state index contributed by atoms with van der Waals surface area (Å²) < 4.78 is 8.97. The summed E-state index contributed by atoms with van der Waals surface area (Å²) in [5, 5.41) is 4.17. The first-order valence-electron chi connectivity index (χ1n) is 6.45. The van der Waals surface area contributed by atoms with Gasteiger partial charge in [-0.25, -0.2) is 4.98 Å². The molecular formula is C12H14N8O. The topological polar surface area (TPSA) is 110 Å². The number of nitrogens with two attached hydrogens (primary N) is 1. The Bertz CT molecular complexity index is 721. The van der Waals surface area contributed by atoms with Crippen LogP contribution in [0.25, 0.3) is 5.95 Å². The Hall–Kier alpha value is -2.97. The lowest BCUT2D eigenvalue weighted by Crippen LogP contribution is -2.06. The fourth-order valence-electron chi connectivity index (χ4n) is 1.75. The molecule has 0 saturated carbocycles. The largest absolute Gasteiger partial charge is 0.421 e. The fraction of sp³-hybridized carbons (Fsp3) is 0.250. The Kier molecular flexibility index (Phi) is 3.46. The van der Waals surface area contributed by atoms with Gasteiger partial charge in [0.05, 0.1) is 12.4 Å². The van der Waals surface area contributed by atoms with Gasteiger partial charge in [-0.05, 0) is 6.42 Å². The van der Waals surface area contributed by atoms with Crippen LogP contribution in [0.15, 0.2) is 31.1 Å². The Morgan fingerprint density at radius 3 is 2.95 bits per heavy atom. The molecule has 3 rings (SSSR count). The predicted octanol–water partition coefficient (Wildman–Crippen LogP) is 1.04. The lowest BCUT2D eigenvalue weighted by molar-refractivity contribution is 0.438. The van der Waals surface area contributed by atoms with E-state index in [9.17, 15) is 0 Å². The van der Waals surface area contributed by atoms with E-state index in [1.54, 1.807) is 40.4 Å². The molecule has 3 aromatic rings. The van der Waals surface area contributed by atoms with E-state index in [2.05, 4.69) is 32.0 Å². The Balaban J connectivity index is 1.84. The molecule has 3 aromatic heterocycles. The van der Waals surface area contributed by atoms with E-state index < -0.39 is 0 Å². The number of rotatable bonds is 5. The molecule has 9 nitrogen and oxygen atoms in total. The smallest absolute Gasteiger partial charge is 0.328 e. The minimum absolute atomic E-state index is 0.0738. The van der Waals surface area contributed by atoms with Gasteiger partial charge in [0.15, 0.2) is 5.75 Å². The van der Waals surface area contributed by atoms with Crippen molar-refractivity contribution in [1.29, 1.82) is 0 Å². The van der Waals surface area contributed by atoms with Gasteiger partial charge in [0, 0.05) is 18.9 Å². The maximum absolute atomic E-state index is 5.68. The molecule has 21 heavy (non-hydrogen) atoms. The van der Waals surface area contributed by atoms with Crippen molar-refractivity contribution >= 4 is 5.95 Å². The molecule has 0 atom stereocenters. The zero-order valence-electron chi connectivity index (χ0n) is 11.4. The second-order valence-corrected chi connectivity index (χ2v) is 4.29. The lowest BCUT2D eigenvalue weighted by Gasteiger charge is -2.04. The van der Waals surface area contributed by atoms with Gasteiger partial charge < -0.3 is 10.5 Å². The van der Waals surface area contributed by atoms with Crippen molar-refractivity contribution in [3.05, 3.63) is 31.1 Å². The third kappa shape index (κ3) is 2.96. The third-order valence-corrected chi connectivity index (χ3v) is 2.63. The quantitative estimate of drug-likeness (QED) is 0.746. The van der Waals surface area contributed by atoms with Gasteiger partial charge in [-0.3, -0.25) is 9.25 Å². The van der Waals surface area contributed by atoms with Crippen molar-refractivity contribution in [2.24, 2.45) is 0 Å². The first-order chi connectivity index (χ1) is 10.2. The molecule has 0 radical (unpaired) electrons. The third-order valence-electron chi connectivity index (χ3n) is 2.63. The summed E-state index contributed by atoms with van der Waals surface area (Å²) >= 11 is 0. The first-order valence-corrected chi connectivity index (χ1v) is 6.45. The number of hydrogen-bond acceptors (Lipinski definition) is 7. The van der Waals surface area contributed by atoms with Crippen LogP contribution in [0.2, 0.25) is 0 Å². The van der Waals surface area contributed by atoms with Gasteiger partial charge in [-0.2, -0.15) is 20.1 Å². The molecular weight excluding hydrogens is 272 g/mol. The number of imidazole rings is 1. The maximum Gasteiger partial charge on any atom is 0.328 e. The zero-order chi connectivity index (χ0) is 14.7. The van der Waals surface area contributed by atoms with Crippen LogP contribution in [-0.2, 0) is 6.54 Å². The van der Waals surface area contributed by atoms with Crippen molar-refractivity contribution in [2.75, 3.05) is 5.73 Å². The number of anilines is 1. The van der Waals surface area contributed by atoms with Gasteiger partial charge in [0.25, 0.3) is 0 Å². The molecule has 0 aliphatic carbocycles. The van der Waals surface area contributed by atoms with Gasteiger partial charge >= 0.3 is 6.01 Å². The summed E-state index contributed by atoms with van der Waals surface area (Å²) in [6.07, 6.45) is 9.27. The Morgan fingerprint density at radius 1 is 1.29 bits per heavy atom. The summed E-state index contributed by atoms with van der Waals surface area (Å²) in [6, 6.07) is 0.113. The molecule has 0 fully saturated rings. The molecule has 0 saturated heterocycles. The molecule has 0 aromatic carbocycles. The zero-order valence-corrected chi connectivity index (χ0v) is 11.4. The van der Waals surface area contributed by atoms with Crippen LogP contribution in [0.1, 0.15) is 13.3 Å². The highest BCUT2D eigenvalue weighted by Crippen LogP contribution is 2.18. The number of aryl methyl sites for hydroxylation is 1. The van der Waals surface area contributed by atoms with Crippen molar-refractivity contribution in [2.45, 2.75) is 19.9 Å². The van der Waals surface area contributed by atoms with Crippen LogP contribution in [0, 0.1) is 0 Å². The van der Waals surface area contributed by atoms with E-state index in [0.717, 1.165) is 13.0 Å². The summed E-state index contributed by atoms with van der Waals surface area (Å²) in [7, 11) is 0. The Morgan fingerprint density at radius 2 is 2.19 bits per heavy atom. The highest BCUT2D eigenvalue weighted by molar-refractivity contribution is 5.27. The second-order valence-electron chi connectivity index (χ2n) is 4.29. The van der Waals surface area contributed by atoms with Gasteiger partial charge in [0.2, 0.25) is 11.9 Å². The van der Waals surface area contributed by atoms with Crippen LogP contribution >= 0.6 is 0 Å². The second kappa shape index (κ2) is 5.57. The normalized spacial score (nSPS) is 10.7. The molecule has 0 aliphatic rings. The summed E-state index contributed by atoms with van der Waals surface area (Å²) in [5.74, 6) is 0.964. The van der Waals surface area contributed by atoms with E-state index in [0.29, 0.717) is 11.7 Å². The molecule has 0 bridgehead atoms. The molecule has 2 N–H and O–H groups in total. The average molecular weight is 286 g/mol. The van der Waals surface area contributed by atoms with E-state index >= 15 is 0 Å². The summed E-state index contributed by atoms with van der Waals surface area (Å²) in [6.45, 7) is 2.90. The van der Waals surface area contributed by atoms with Crippen LogP contribution in [-0.4, -0.2) is 34.3 Å². The van der Waals surface area contributed by atoms with Crippen molar-refractivity contribution < 1.29 is 4.74 Å². The number of ether oxygens (including phenoxy) is 1. The van der Waals surface area contributed by atoms with Crippen LogP contribution in [0.3, 0.4) is 0 Å².